The largest absolute Gasteiger partial charge is 0.453 e. The first kappa shape index (κ1) is 13.9. The second kappa shape index (κ2) is 5.73. The Morgan fingerprint density at radius 3 is 3.24 bits per heavy atom. The minimum absolute atomic E-state index is 0.00549. The van der Waals surface area contributed by atoms with E-state index in [0.717, 1.165) is 24.8 Å². The van der Waals surface area contributed by atoms with E-state index in [1.54, 1.807) is 19.2 Å². The predicted octanol–water partition coefficient (Wildman–Crippen LogP) is 1.97. The van der Waals surface area contributed by atoms with E-state index >= 15 is 0 Å². The molecule has 0 saturated heterocycles. The standard InChI is InChI=1S/C15H19N3O3/c1-18-13-5-3-4-12(11(13)8-16-18)17-15(19)14-7-6-10(21-14)9-20-2/h6-8,12H,3-5,9H2,1-2H3,(H,17,19)/t12-/m0/s1. The van der Waals surface area contributed by atoms with Crippen molar-refractivity contribution in [3.05, 3.63) is 41.1 Å². The highest BCUT2D eigenvalue weighted by Gasteiger charge is 2.25. The van der Waals surface area contributed by atoms with Gasteiger partial charge in [-0.15, -0.1) is 0 Å². The molecule has 2 aromatic rings. The third kappa shape index (κ3) is 2.71. The highest BCUT2D eigenvalue weighted by Crippen LogP contribution is 2.29. The van der Waals surface area contributed by atoms with E-state index in [4.69, 9.17) is 9.15 Å². The SMILES string of the molecule is COCc1ccc(C(=O)N[C@H]2CCCc3c2cnn3C)o1. The summed E-state index contributed by atoms with van der Waals surface area (Å²) in [6.07, 6.45) is 4.83. The molecule has 1 aliphatic rings. The van der Waals surface area contributed by atoms with Gasteiger partial charge in [-0.1, -0.05) is 0 Å². The molecule has 21 heavy (non-hydrogen) atoms. The first-order chi connectivity index (χ1) is 10.2. The molecular formula is C15H19N3O3. The Hall–Kier alpha value is -2.08. The number of hydrogen-bond donors (Lipinski definition) is 1. The molecular weight excluding hydrogens is 270 g/mol. The lowest BCUT2D eigenvalue weighted by molar-refractivity contribution is 0.0896. The van der Waals surface area contributed by atoms with Crippen LogP contribution in [-0.2, 0) is 24.8 Å². The molecule has 0 bridgehead atoms. The van der Waals surface area contributed by atoms with E-state index < -0.39 is 0 Å². The number of rotatable bonds is 4. The van der Waals surface area contributed by atoms with Gasteiger partial charge >= 0.3 is 0 Å². The molecule has 0 spiro atoms. The molecule has 1 atom stereocenters. The predicted molar refractivity (Wildman–Crippen MR) is 75.8 cm³/mol. The summed E-state index contributed by atoms with van der Waals surface area (Å²) in [5, 5.41) is 7.32. The minimum atomic E-state index is -0.195. The lowest BCUT2D eigenvalue weighted by Crippen LogP contribution is -2.30. The monoisotopic (exact) mass is 289 g/mol. The molecule has 6 nitrogen and oxygen atoms in total. The van der Waals surface area contributed by atoms with Gasteiger partial charge in [0.25, 0.3) is 5.91 Å². The Kier molecular flexibility index (Phi) is 3.79. The maximum Gasteiger partial charge on any atom is 0.287 e. The van der Waals surface area contributed by atoms with Crippen molar-refractivity contribution in [3.8, 4) is 0 Å². The molecule has 0 fully saturated rings. The van der Waals surface area contributed by atoms with Crippen LogP contribution in [0.3, 0.4) is 0 Å². The van der Waals surface area contributed by atoms with Crippen LogP contribution in [-0.4, -0.2) is 22.8 Å². The summed E-state index contributed by atoms with van der Waals surface area (Å²) in [5.74, 6) is 0.769. The quantitative estimate of drug-likeness (QED) is 0.934. The van der Waals surface area contributed by atoms with Crippen LogP contribution < -0.4 is 5.32 Å². The number of aromatic nitrogens is 2. The summed E-state index contributed by atoms with van der Waals surface area (Å²) in [7, 11) is 3.53. The number of nitrogens with one attached hydrogen (secondary N) is 1. The topological polar surface area (TPSA) is 69.3 Å². The summed E-state index contributed by atoms with van der Waals surface area (Å²) in [6.45, 7) is 0.365. The average Bonchev–Trinajstić information content (AvgIpc) is 3.08. The van der Waals surface area contributed by atoms with Gasteiger partial charge in [0.05, 0.1) is 12.2 Å². The van der Waals surface area contributed by atoms with Gasteiger partial charge in [0.2, 0.25) is 0 Å². The fraction of sp³-hybridized carbons (Fsp3) is 0.467. The molecule has 3 rings (SSSR count). The summed E-state index contributed by atoms with van der Waals surface area (Å²) in [4.78, 5) is 12.3. The fourth-order valence-electron chi connectivity index (χ4n) is 2.81. The van der Waals surface area contributed by atoms with Crippen molar-refractivity contribution in [1.29, 1.82) is 0 Å². The number of hydrogen-bond acceptors (Lipinski definition) is 4. The van der Waals surface area contributed by atoms with Crippen molar-refractivity contribution in [1.82, 2.24) is 15.1 Å². The minimum Gasteiger partial charge on any atom is -0.453 e. The van der Waals surface area contributed by atoms with Gasteiger partial charge in [-0.05, 0) is 31.4 Å². The third-order valence-electron chi connectivity index (χ3n) is 3.85. The van der Waals surface area contributed by atoms with Crippen molar-refractivity contribution < 1.29 is 13.9 Å². The van der Waals surface area contributed by atoms with E-state index in [-0.39, 0.29) is 11.9 Å². The molecule has 0 saturated carbocycles. The number of furan rings is 1. The molecule has 2 aromatic heterocycles. The maximum absolute atomic E-state index is 12.3. The number of aryl methyl sites for hydroxylation is 1. The molecule has 1 amide bonds. The van der Waals surface area contributed by atoms with E-state index in [1.807, 2.05) is 17.9 Å². The second-order valence-electron chi connectivity index (χ2n) is 5.29. The van der Waals surface area contributed by atoms with Crippen LogP contribution in [0.4, 0.5) is 0 Å². The van der Waals surface area contributed by atoms with Crippen LogP contribution in [0.25, 0.3) is 0 Å². The Balaban J connectivity index is 1.73. The number of amides is 1. The first-order valence-electron chi connectivity index (χ1n) is 7.08. The molecule has 0 aromatic carbocycles. The zero-order valence-corrected chi connectivity index (χ0v) is 12.3. The smallest absolute Gasteiger partial charge is 0.287 e. The van der Waals surface area contributed by atoms with E-state index in [2.05, 4.69) is 10.4 Å². The van der Waals surface area contributed by atoms with E-state index in [0.29, 0.717) is 18.1 Å². The van der Waals surface area contributed by atoms with Crippen LogP contribution >= 0.6 is 0 Å². The second-order valence-corrected chi connectivity index (χ2v) is 5.29. The van der Waals surface area contributed by atoms with Crippen LogP contribution in [0.5, 0.6) is 0 Å². The van der Waals surface area contributed by atoms with Gasteiger partial charge < -0.3 is 14.5 Å². The van der Waals surface area contributed by atoms with Gasteiger partial charge in [-0.2, -0.15) is 5.10 Å². The number of carbonyl (C=O) groups excluding carboxylic acids is 1. The fourth-order valence-corrected chi connectivity index (χ4v) is 2.81. The number of fused-ring (bicyclic) bond motifs is 1. The summed E-state index contributed by atoms with van der Waals surface area (Å²) in [6, 6.07) is 3.44. The van der Waals surface area contributed by atoms with Crippen molar-refractivity contribution >= 4 is 5.91 Å². The Morgan fingerprint density at radius 2 is 2.43 bits per heavy atom. The van der Waals surface area contributed by atoms with Crippen molar-refractivity contribution in [2.24, 2.45) is 7.05 Å². The number of nitrogens with zero attached hydrogens (tertiary/aromatic N) is 2. The third-order valence-corrected chi connectivity index (χ3v) is 3.85. The zero-order valence-electron chi connectivity index (χ0n) is 12.3. The molecule has 0 radical (unpaired) electrons. The number of ether oxygens (including phenoxy) is 1. The molecule has 2 heterocycles. The van der Waals surface area contributed by atoms with Crippen LogP contribution in [0, 0.1) is 0 Å². The number of methoxy groups -OCH3 is 1. The van der Waals surface area contributed by atoms with Crippen molar-refractivity contribution in [2.75, 3.05) is 7.11 Å². The molecule has 0 aliphatic heterocycles. The molecule has 1 N–H and O–H groups in total. The highest BCUT2D eigenvalue weighted by molar-refractivity contribution is 5.91. The summed E-state index contributed by atoms with van der Waals surface area (Å²) < 4.78 is 12.3. The van der Waals surface area contributed by atoms with Gasteiger partial charge in [-0.3, -0.25) is 9.48 Å². The molecule has 1 aliphatic carbocycles. The van der Waals surface area contributed by atoms with Crippen molar-refractivity contribution in [3.63, 3.8) is 0 Å². The maximum atomic E-state index is 12.3. The zero-order chi connectivity index (χ0) is 14.8. The Labute approximate surface area is 123 Å². The van der Waals surface area contributed by atoms with Gasteiger partial charge in [0.1, 0.15) is 12.4 Å². The van der Waals surface area contributed by atoms with Gasteiger partial charge in [0.15, 0.2) is 5.76 Å². The normalized spacial score (nSPS) is 17.5. The van der Waals surface area contributed by atoms with Gasteiger partial charge in [-0.25, -0.2) is 0 Å². The number of carbonyl (C=O) groups is 1. The van der Waals surface area contributed by atoms with Crippen LogP contribution in [0.2, 0.25) is 0 Å². The van der Waals surface area contributed by atoms with Crippen LogP contribution in [0.1, 0.15) is 46.5 Å². The lowest BCUT2D eigenvalue weighted by Gasteiger charge is -2.23. The van der Waals surface area contributed by atoms with Crippen LogP contribution in [0.15, 0.2) is 22.7 Å². The lowest BCUT2D eigenvalue weighted by atomic mass is 9.93. The molecule has 6 heteroatoms. The van der Waals surface area contributed by atoms with E-state index in [1.165, 1.54) is 5.69 Å². The van der Waals surface area contributed by atoms with Gasteiger partial charge in [0, 0.05) is 25.4 Å². The Bertz CT molecular complexity index is 644. The summed E-state index contributed by atoms with van der Waals surface area (Å²) >= 11 is 0. The van der Waals surface area contributed by atoms with Crippen molar-refractivity contribution in [2.45, 2.75) is 31.9 Å². The van der Waals surface area contributed by atoms with E-state index in [9.17, 15) is 4.79 Å². The highest BCUT2D eigenvalue weighted by atomic mass is 16.5. The molecule has 0 unspecified atom stereocenters. The molecule has 112 valence electrons. The Morgan fingerprint density at radius 1 is 1.57 bits per heavy atom. The average molecular weight is 289 g/mol. The first-order valence-corrected chi connectivity index (χ1v) is 7.08. The summed E-state index contributed by atoms with van der Waals surface area (Å²) in [5.41, 5.74) is 2.31.